The fraction of sp³-hybridized carbons (Fsp3) is 0.308. The number of carbonyl (C=O) groups excluding carboxylic acids is 2. The molecule has 0 aromatic heterocycles. The second kappa shape index (κ2) is 6.23. The summed E-state index contributed by atoms with van der Waals surface area (Å²) < 4.78 is 5.16. The SMILES string of the molecule is O=C1COc2ccc(C(=O)N[C@@H](CCO)C(=O)O)cc2N1. The second-order valence-corrected chi connectivity index (χ2v) is 4.42. The van der Waals surface area contributed by atoms with Crippen LogP contribution in [0.5, 0.6) is 5.75 Å². The maximum atomic E-state index is 12.0. The molecule has 0 radical (unpaired) electrons. The molecule has 1 aromatic carbocycles. The zero-order valence-corrected chi connectivity index (χ0v) is 11.0. The van der Waals surface area contributed by atoms with Gasteiger partial charge in [-0.2, -0.15) is 0 Å². The third-order valence-corrected chi connectivity index (χ3v) is 2.90. The molecule has 2 rings (SSSR count). The van der Waals surface area contributed by atoms with E-state index in [0.29, 0.717) is 11.4 Å². The fourth-order valence-corrected chi connectivity index (χ4v) is 1.85. The van der Waals surface area contributed by atoms with Crippen LogP contribution in [0.15, 0.2) is 18.2 Å². The third kappa shape index (κ3) is 3.48. The fourth-order valence-electron chi connectivity index (χ4n) is 1.85. The largest absolute Gasteiger partial charge is 0.482 e. The lowest BCUT2D eigenvalue weighted by atomic mass is 10.1. The van der Waals surface area contributed by atoms with E-state index in [9.17, 15) is 14.4 Å². The van der Waals surface area contributed by atoms with E-state index in [1.54, 1.807) is 0 Å². The highest BCUT2D eigenvalue weighted by atomic mass is 16.5. The van der Waals surface area contributed by atoms with Crippen LogP contribution in [-0.4, -0.2) is 47.3 Å². The van der Waals surface area contributed by atoms with Crippen LogP contribution in [-0.2, 0) is 9.59 Å². The summed E-state index contributed by atoms with van der Waals surface area (Å²) in [4.78, 5) is 34.1. The number of hydrogen-bond acceptors (Lipinski definition) is 5. The van der Waals surface area contributed by atoms with Gasteiger partial charge in [-0.1, -0.05) is 0 Å². The van der Waals surface area contributed by atoms with Gasteiger partial charge in [0.2, 0.25) is 0 Å². The van der Waals surface area contributed by atoms with Crippen LogP contribution in [0.4, 0.5) is 5.69 Å². The smallest absolute Gasteiger partial charge is 0.326 e. The van der Waals surface area contributed by atoms with Gasteiger partial charge in [0.1, 0.15) is 11.8 Å². The molecule has 0 aliphatic carbocycles. The number of carboxylic acids is 1. The highest BCUT2D eigenvalue weighted by Crippen LogP contribution is 2.28. The minimum atomic E-state index is -1.23. The summed E-state index contributed by atoms with van der Waals surface area (Å²) in [6, 6.07) is 3.21. The van der Waals surface area contributed by atoms with Gasteiger partial charge in [-0.3, -0.25) is 9.59 Å². The van der Waals surface area contributed by atoms with E-state index in [4.69, 9.17) is 14.9 Å². The van der Waals surface area contributed by atoms with Crippen molar-refractivity contribution in [3.8, 4) is 5.75 Å². The van der Waals surface area contributed by atoms with Gasteiger partial charge in [0.25, 0.3) is 11.8 Å². The lowest BCUT2D eigenvalue weighted by molar-refractivity contribution is -0.139. The van der Waals surface area contributed by atoms with Crippen molar-refractivity contribution in [3.63, 3.8) is 0 Å². The highest BCUT2D eigenvalue weighted by molar-refractivity contribution is 6.00. The molecule has 1 aliphatic heterocycles. The zero-order chi connectivity index (χ0) is 15.4. The number of fused-ring (bicyclic) bond motifs is 1. The summed E-state index contributed by atoms with van der Waals surface area (Å²) in [7, 11) is 0. The number of benzene rings is 1. The van der Waals surface area contributed by atoms with E-state index < -0.39 is 17.9 Å². The summed E-state index contributed by atoms with van der Waals surface area (Å²) in [5.41, 5.74) is 0.539. The molecule has 8 heteroatoms. The molecular weight excluding hydrogens is 280 g/mol. The minimum Gasteiger partial charge on any atom is -0.482 e. The number of carboxylic acid groups (broad SMARTS) is 1. The van der Waals surface area contributed by atoms with Gasteiger partial charge in [0.15, 0.2) is 6.61 Å². The number of ether oxygens (including phenoxy) is 1. The van der Waals surface area contributed by atoms with Crippen LogP contribution in [0.1, 0.15) is 16.8 Å². The van der Waals surface area contributed by atoms with E-state index >= 15 is 0 Å². The molecule has 2 amide bonds. The van der Waals surface area contributed by atoms with Crippen molar-refractivity contribution in [2.75, 3.05) is 18.5 Å². The van der Waals surface area contributed by atoms with E-state index in [1.165, 1.54) is 18.2 Å². The molecule has 0 spiro atoms. The Balaban J connectivity index is 2.14. The van der Waals surface area contributed by atoms with Crippen LogP contribution < -0.4 is 15.4 Å². The Bertz CT molecular complexity index is 586. The molecule has 1 heterocycles. The van der Waals surface area contributed by atoms with Crippen LogP contribution in [0.3, 0.4) is 0 Å². The molecule has 4 N–H and O–H groups in total. The Labute approximate surface area is 119 Å². The van der Waals surface area contributed by atoms with Crippen LogP contribution in [0.25, 0.3) is 0 Å². The van der Waals surface area contributed by atoms with Crippen molar-refractivity contribution < 1.29 is 29.3 Å². The third-order valence-electron chi connectivity index (χ3n) is 2.90. The first-order valence-electron chi connectivity index (χ1n) is 6.22. The molecule has 0 saturated carbocycles. The Morgan fingerprint density at radius 3 is 2.86 bits per heavy atom. The average Bonchev–Trinajstić information content (AvgIpc) is 2.45. The Hall–Kier alpha value is -2.61. The normalized spacial score (nSPS) is 14.4. The van der Waals surface area contributed by atoms with Crippen LogP contribution in [0.2, 0.25) is 0 Å². The summed E-state index contributed by atoms with van der Waals surface area (Å²) in [6.45, 7) is -0.443. The predicted octanol–water partition coefficient (Wildman–Crippen LogP) is -0.417. The standard InChI is InChI=1S/C13H14N2O6/c16-4-3-8(13(19)20)15-12(18)7-1-2-10-9(5-7)14-11(17)6-21-10/h1-2,5,8,16H,3-4,6H2,(H,14,17)(H,15,18)(H,19,20)/t8-/m0/s1. The first kappa shape index (κ1) is 14.8. The molecule has 0 bridgehead atoms. The molecule has 112 valence electrons. The number of anilines is 1. The highest BCUT2D eigenvalue weighted by Gasteiger charge is 2.22. The van der Waals surface area contributed by atoms with E-state index in [0.717, 1.165) is 0 Å². The number of amides is 2. The monoisotopic (exact) mass is 294 g/mol. The molecule has 1 aromatic rings. The maximum absolute atomic E-state index is 12.0. The molecule has 1 aliphatic rings. The topological polar surface area (TPSA) is 125 Å². The maximum Gasteiger partial charge on any atom is 0.326 e. The summed E-state index contributed by atoms with van der Waals surface area (Å²) >= 11 is 0. The number of rotatable bonds is 5. The quantitative estimate of drug-likeness (QED) is 0.584. The number of aliphatic hydroxyl groups excluding tert-OH is 1. The van der Waals surface area contributed by atoms with Gasteiger partial charge in [-0.15, -0.1) is 0 Å². The Kier molecular flexibility index (Phi) is 4.39. The van der Waals surface area contributed by atoms with E-state index in [2.05, 4.69) is 10.6 Å². The summed E-state index contributed by atoms with van der Waals surface area (Å²) in [6.07, 6.45) is -0.0914. The van der Waals surface area contributed by atoms with Crippen molar-refractivity contribution in [1.29, 1.82) is 0 Å². The Morgan fingerprint density at radius 2 is 2.19 bits per heavy atom. The number of hydrogen-bond donors (Lipinski definition) is 4. The molecule has 8 nitrogen and oxygen atoms in total. The van der Waals surface area contributed by atoms with Gasteiger partial charge < -0.3 is 25.6 Å². The summed E-state index contributed by atoms with van der Waals surface area (Å²) in [5.74, 6) is -1.73. The Morgan fingerprint density at radius 1 is 1.43 bits per heavy atom. The lowest BCUT2D eigenvalue weighted by Crippen LogP contribution is -2.41. The number of aliphatic carboxylic acids is 1. The molecule has 0 fully saturated rings. The van der Waals surface area contributed by atoms with E-state index in [1.807, 2.05) is 0 Å². The molecule has 0 unspecified atom stereocenters. The van der Waals surface area contributed by atoms with Crippen molar-refractivity contribution in [1.82, 2.24) is 5.32 Å². The van der Waals surface area contributed by atoms with Gasteiger partial charge in [-0.05, 0) is 18.2 Å². The van der Waals surface area contributed by atoms with Gasteiger partial charge in [-0.25, -0.2) is 4.79 Å². The first-order chi connectivity index (χ1) is 10.0. The lowest BCUT2D eigenvalue weighted by Gasteiger charge is -2.19. The van der Waals surface area contributed by atoms with Crippen molar-refractivity contribution in [3.05, 3.63) is 23.8 Å². The average molecular weight is 294 g/mol. The van der Waals surface area contributed by atoms with E-state index in [-0.39, 0.29) is 31.1 Å². The van der Waals surface area contributed by atoms with Crippen molar-refractivity contribution >= 4 is 23.5 Å². The van der Waals surface area contributed by atoms with Gasteiger partial charge >= 0.3 is 5.97 Å². The number of aliphatic hydroxyl groups is 1. The molecular formula is C13H14N2O6. The van der Waals surface area contributed by atoms with Gasteiger partial charge in [0, 0.05) is 18.6 Å². The molecule has 0 saturated heterocycles. The summed E-state index contributed by atoms with van der Waals surface area (Å²) in [5, 5.41) is 22.6. The zero-order valence-electron chi connectivity index (χ0n) is 11.0. The second-order valence-electron chi connectivity index (χ2n) is 4.42. The molecule has 1 atom stereocenters. The van der Waals surface area contributed by atoms with Crippen LogP contribution >= 0.6 is 0 Å². The molecule has 21 heavy (non-hydrogen) atoms. The minimum absolute atomic E-state index is 0.0872. The van der Waals surface area contributed by atoms with Crippen LogP contribution in [0, 0.1) is 0 Å². The van der Waals surface area contributed by atoms with Gasteiger partial charge in [0.05, 0.1) is 5.69 Å². The predicted molar refractivity (Wildman–Crippen MR) is 71.2 cm³/mol. The number of carbonyl (C=O) groups is 3. The number of nitrogens with one attached hydrogen (secondary N) is 2. The first-order valence-corrected chi connectivity index (χ1v) is 6.22. The van der Waals surface area contributed by atoms with Crippen molar-refractivity contribution in [2.24, 2.45) is 0 Å². The van der Waals surface area contributed by atoms with Crippen molar-refractivity contribution in [2.45, 2.75) is 12.5 Å².